The number of rotatable bonds is 4. The molecular weight excluding hydrogens is 284 g/mol. The molecule has 1 aromatic rings. The van der Waals surface area contributed by atoms with Crippen LogP contribution in [-0.2, 0) is 15.6 Å². The van der Waals surface area contributed by atoms with Gasteiger partial charge in [0.15, 0.2) is 5.09 Å². The van der Waals surface area contributed by atoms with Crippen molar-refractivity contribution in [2.45, 2.75) is 5.09 Å². The third-order valence-corrected chi connectivity index (χ3v) is 4.30. The summed E-state index contributed by atoms with van der Waals surface area (Å²) < 4.78 is 16.9. The lowest BCUT2D eigenvalue weighted by molar-refractivity contribution is -0.129. The van der Waals surface area contributed by atoms with Crippen molar-refractivity contribution in [3.8, 4) is 0 Å². The van der Waals surface area contributed by atoms with Gasteiger partial charge in [0.25, 0.3) is 0 Å². The van der Waals surface area contributed by atoms with E-state index in [0.29, 0.717) is 13.1 Å². The first kappa shape index (κ1) is 14.7. The molecule has 0 spiro atoms. The Kier molecular flexibility index (Phi) is 4.56. The van der Waals surface area contributed by atoms with E-state index in [1.54, 1.807) is 4.90 Å². The maximum Gasteiger partial charge on any atom is 0.371 e. The molecule has 1 amide bonds. The molecule has 1 aliphatic heterocycles. The summed E-state index contributed by atoms with van der Waals surface area (Å²) in [4.78, 5) is 26.4. The van der Waals surface area contributed by atoms with Gasteiger partial charge < -0.3 is 19.3 Å². The smallest absolute Gasteiger partial charge is 0.371 e. The molecule has 1 N–H and O–H groups in total. The van der Waals surface area contributed by atoms with Crippen LogP contribution >= 0.6 is 0 Å². The second-order valence-electron chi connectivity index (χ2n) is 4.60. The first-order chi connectivity index (χ1) is 9.47. The molecule has 7 nitrogen and oxygen atoms in total. The van der Waals surface area contributed by atoms with Crippen LogP contribution in [0.1, 0.15) is 10.6 Å². The third kappa shape index (κ3) is 3.45. The molecule has 0 saturated carbocycles. The number of carbonyl (C=O) groups excluding carboxylic acids is 1. The molecule has 1 fully saturated rings. The Hall–Kier alpha value is -1.67. The number of carboxylic acids is 1. The number of aromatic carboxylic acids is 1. The minimum absolute atomic E-state index is 0.0184. The summed E-state index contributed by atoms with van der Waals surface area (Å²) in [5.74, 6) is -1.89. The van der Waals surface area contributed by atoms with Gasteiger partial charge >= 0.3 is 5.97 Å². The number of amides is 1. The Morgan fingerprint density at radius 1 is 1.30 bits per heavy atom. The van der Waals surface area contributed by atoms with Crippen LogP contribution in [0.4, 0.5) is 0 Å². The quantitative estimate of drug-likeness (QED) is 0.832. The molecule has 20 heavy (non-hydrogen) atoms. The lowest BCUT2D eigenvalue weighted by atomic mass is 10.3. The predicted octanol–water partition coefficient (Wildman–Crippen LogP) is -0.141. The maximum atomic E-state index is 12.0. The SMILES string of the molecule is CN1CCN(C(=O)CS(=O)c2ccc(C(=O)O)o2)CC1. The Labute approximate surface area is 118 Å². The highest BCUT2D eigenvalue weighted by Gasteiger charge is 2.23. The molecule has 0 aromatic carbocycles. The van der Waals surface area contributed by atoms with Crippen LogP contribution in [0.5, 0.6) is 0 Å². The van der Waals surface area contributed by atoms with Crippen molar-refractivity contribution in [2.24, 2.45) is 0 Å². The zero-order valence-electron chi connectivity index (χ0n) is 11.1. The summed E-state index contributed by atoms with van der Waals surface area (Å²) in [6, 6.07) is 2.56. The zero-order valence-corrected chi connectivity index (χ0v) is 11.9. The minimum Gasteiger partial charge on any atom is -0.475 e. The Morgan fingerprint density at radius 2 is 1.95 bits per heavy atom. The van der Waals surface area contributed by atoms with E-state index in [1.165, 1.54) is 12.1 Å². The molecule has 1 aromatic heterocycles. The van der Waals surface area contributed by atoms with Crippen LogP contribution in [0, 0.1) is 0 Å². The van der Waals surface area contributed by atoms with Gasteiger partial charge in [0.1, 0.15) is 5.75 Å². The number of hydrogen-bond acceptors (Lipinski definition) is 5. The lowest BCUT2D eigenvalue weighted by Gasteiger charge is -2.32. The fourth-order valence-electron chi connectivity index (χ4n) is 1.89. The standard InChI is InChI=1S/C12H16N2O5S/c1-13-4-6-14(7-5-13)10(15)8-20(18)11-3-2-9(19-11)12(16)17/h2-3H,4-8H2,1H3,(H,16,17). The molecule has 1 aliphatic rings. The summed E-state index contributed by atoms with van der Waals surface area (Å²) in [6.45, 7) is 2.82. The molecule has 2 rings (SSSR count). The molecule has 110 valence electrons. The van der Waals surface area contributed by atoms with E-state index in [4.69, 9.17) is 9.52 Å². The lowest BCUT2D eigenvalue weighted by Crippen LogP contribution is -2.48. The van der Waals surface area contributed by atoms with Crippen molar-refractivity contribution < 1.29 is 23.3 Å². The van der Waals surface area contributed by atoms with E-state index in [0.717, 1.165) is 13.1 Å². The van der Waals surface area contributed by atoms with Gasteiger partial charge in [-0.3, -0.25) is 9.00 Å². The second-order valence-corrected chi connectivity index (χ2v) is 5.98. The zero-order chi connectivity index (χ0) is 14.7. The Morgan fingerprint density at radius 3 is 2.50 bits per heavy atom. The molecule has 1 unspecified atom stereocenters. The van der Waals surface area contributed by atoms with Gasteiger partial charge in [-0.1, -0.05) is 0 Å². The van der Waals surface area contributed by atoms with Crippen LogP contribution in [0.15, 0.2) is 21.6 Å². The Bertz CT molecular complexity index is 534. The Balaban J connectivity index is 1.93. The first-order valence-electron chi connectivity index (χ1n) is 6.15. The van der Waals surface area contributed by atoms with Gasteiger partial charge in [-0.05, 0) is 19.2 Å². The highest BCUT2D eigenvalue weighted by molar-refractivity contribution is 7.85. The predicted molar refractivity (Wildman–Crippen MR) is 71.0 cm³/mol. The molecule has 0 aliphatic carbocycles. The fraction of sp³-hybridized carbons (Fsp3) is 0.500. The minimum atomic E-state index is -1.65. The van der Waals surface area contributed by atoms with E-state index in [9.17, 15) is 13.8 Å². The monoisotopic (exact) mass is 300 g/mol. The summed E-state index contributed by atoms with van der Waals surface area (Å²) in [6.07, 6.45) is 0. The van der Waals surface area contributed by atoms with Crippen molar-refractivity contribution in [1.29, 1.82) is 0 Å². The number of carbonyl (C=O) groups is 2. The van der Waals surface area contributed by atoms with Crippen molar-refractivity contribution >= 4 is 22.7 Å². The molecule has 1 saturated heterocycles. The highest BCUT2D eigenvalue weighted by Crippen LogP contribution is 2.13. The van der Waals surface area contributed by atoms with Crippen LogP contribution in [0.2, 0.25) is 0 Å². The van der Waals surface area contributed by atoms with E-state index in [1.807, 2.05) is 7.05 Å². The van der Waals surface area contributed by atoms with Crippen molar-refractivity contribution in [3.05, 3.63) is 17.9 Å². The number of nitrogens with zero attached hydrogens (tertiary/aromatic N) is 2. The van der Waals surface area contributed by atoms with Crippen molar-refractivity contribution in [2.75, 3.05) is 39.0 Å². The van der Waals surface area contributed by atoms with E-state index >= 15 is 0 Å². The number of likely N-dealkylation sites (N-methyl/N-ethyl adjacent to an activating group) is 1. The number of piperazine rings is 1. The first-order valence-corrected chi connectivity index (χ1v) is 7.47. The molecule has 2 heterocycles. The molecule has 1 atom stereocenters. The fourth-order valence-corrected chi connectivity index (χ4v) is 2.84. The van der Waals surface area contributed by atoms with Crippen molar-refractivity contribution in [3.63, 3.8) is 0 Å². The molecule has 8 heteroatoms. The summed E-state index contributed by atoms with van der Waals surface area (Å²) in [7, 11) is 0.328. The molecular formula is C12H16N2O5S. The summed E-state index contributed by atoms with van der Waals surface area (Å²) in [5, 5.41) is 8.74. The van der Waals surface area contributed by atoms with E-state index < -0.39 is 16.8 Å². The van der Waals surface area contributed by atoms with Gasteiger partial charge in [-0.25, -0.2) is 4.79 Å². The second kappa shape index (κ2) is 6.19. The topological polar surface area (TPSA) is 91.1 Å². The van der Waals surface area contributed by atoms with Gasteiger partial charge in [-0.15, -0.1) is 0 Å². The van der Waals surface area contributed by atoms with Crippen LogP contribution < -0.4 is 0 Å². The van der Waals surface area contributed by atoms with Gasteiger partial charge in [0, 0.05) is 26.2 Å². The van der Waals surface area contributed by atoms with E-state index in [2.05, 4.69) is 4.90 Å². The molecule has 0 radical (unpaired) electrons. The average molecular weight is 300 g/mol. The van der Waals surface area contributed by atoms with Gasteiger partial charge in [-0.2, -0.15) is 0 Å². The number of furan rings is 1. The normalized spacial score (nSPS) is 17.9. The summed E-state index contributed by atoms with van der Waals surface area (Å²) in [5.41, 5.74) is 0. The van der Waals surface area contributed by atoms with Crippen LogP contribution in [0.25, 0.3) is 0 Å². The maximum absolute atomic E-state index is 12.0. The van der Waals surface area contributed by atoms with Crippen molar-refractivity contribution in [1.82, 2.24) is 9.80 Å². The molecule has 0 bridgehead atoms. The van der Waals surface area contributed by atoms with Gasteiger partial charge in [0.05, 0.1) is 10.8 Å². The van der Waals surface area contributed by atoms with E-state index in [-0.39, 0.29) is 22.5 Å². The largest absolute Gasteiger partial charge is 0.475 e. The van der Waals surface area contributed by atoms with Crippen LogP contribution in [0.3, 0.4) is 0 Å². The number of hydrogen-bond donors (Lipinski definition) is 1. The third-order valence-electron chi connectivity index (χ3n) is 3.13. The average Bonchev–Trinajstić information content (AvgIpc) is 2.89. The number of carboxylic acid groups (broad SMARTS) is 1. The van der Waals surface area contributed by atoms with Gasteiger partial charge in [0.2, 0.25) is 11.7 Å². The summed E-state index contributed by atoms with van der Waals surface area (Å²) >= 11 is 0. The highest BCUT2D eigenvalue weighted by atomic mass is 32.2. The van der Waals surface area contributed by atoms with Crippen LogP contribution in [-0.4, -0.2) is 70.0 Å².